The maximum absolute atomic E-state index is 5.59. The van der Waals surface area contributed by atoms with E-state index in [9.17, 15) is 0 Å². The maximum atomic E-state index is 5.59. The lowest BCUT2D eigenvalue weighted by Crippen LogP contribution is -2.24. The van der Waals surface area contributed by atoms with Crippen LogP contribution in [-0.2, 0) is 12.0 Å². The minimum Gasteiger partial charge on any atom is -0.344 e. The van der Waals surface area contributed by atoms with E-state index in [1.165, 1.54) is 17.0 Å². The van der Waals surface area contributed by atoms with E-state index in [1.54, 1.807) is 0 Å². The van der Waals surface area contributed by atoms with E-state index >= 15 is 0 Å². The molecule has 2 N–H and O–H groups in total. The van der Waals surface area contributed by atoms with Gasteiger partial charge in [0.2, 0.25) is 0 Å². The normalized spacial score (nSPS) is 12.1. The van der Waals surface area contributed by atoms with E-state index < -0.39 is 0 Å². The third-order valence-corrected chi connectivity index (χ3v) is 2.62. The zero-order chi connectivity index (χ0) is 10.9. The molecule has 0 radical (unpaired) electrons. The smallest absolute Gasteiger partial charge is 0.0360 e. The van der Waals surface area contributed by atoms with Crippen LogP contribution in [0.3, 0.4) is 0 Å². The highest BCUT2D eigenvalue weighted by Crippen LogP contribution is 2.24. The Balaban J connectivity index is 3.18. The van der Waals surface area contributed by atoms with Crippen LogP contribution in [0.4, 0.5) is 0 Å². The summed E-state index contributed by atoms with van der Waals surface area (Å²) in [4.78, 5) is 0. The molecule has 80 valence electrons. The van der Waals surface area contributed by atoms with E-state index in [1.807, 2.05) is 0 Å². The highest BCUT2D eigenvalue weighted by Gasteiger charge is 2.18. The summed E-state index contributed by atoms with van der Waals surface area (Å²) in [6.07, 6.45) is 0.982. The molecule has 0 aliphatic carbocycles. The molecule has 14 heavy (non-hydrogen) atoms. The molecule has 0 unspecified atom stereocenters. The van der Waals surface area contributed by atoms with Crippen molar-refractivity contribution in [1.29, 1.82) is 0 Å². The van der Waals surface area contributed by atoms with Gasteiger partial charge in [0, 0.05) is 16.9 Å². The van der Waals surface area contributed by atoms with Gasteiger partial charge in [-0.15, -0.1) is 0 Å². The fourth-order valence-corrected chi connectivity index (χ4v) is 2.27. The molecule has 0 saturated heterocycles. The van der Waals surface area contributed by atoms with E-state index in [4.69, 9.17) is 5.73 Å². The van der Waals surface area contributed by atoms with Crippen LogP contribution in [0.15, 0.2) is 6.07 Å². The lowest BCUT2D eigenvalue weighted by Gasteiger charge is -2.26. The number of nitrogens with two attached hydrogens (primary N) is 1. The summed E-state index contributed by atoms with van der Waals surface area (Å²) in [6, 6.07) is 2.26. The Morgan fingerprint density at radius 3 is 2.21 bits per heavy atom. The van der Waals surface area contributed by atoms with Gasteiger partial charge in [0.15, 0.2) is 0 Å². The summed E-state index contributed by atoms with van der Waals surface area (Å²) in [5.74, 6) is 0. The second kappa shape index (κ2) is 3.77. The lowest BCUT2D eigenvalue weighted by molar-refractivity contribution is 0.382. The predicted octanol–water partition coefficient (Wildman–Crippen LogP) is 2.36. The SMILES string of the molecule is Cc1cc(CCN)c(C)n1C(C)(C)C. The number of rotatable bonds is 2. The monoisotopic (exact) mass is 194 g/mol. The first kappa shape index (κ1) is 11.3. The Morgan fingerprint density at radius 2 is 1.86 bits per heavy atom. The van der Waals surface area contributed by atoms with Crippen molar-refractivity contribution in [2.45, 2.75) is 46.6 Å². The number of aryl methyl sites for hydroxylation is 1. The van der Waals surface area contributed by atoms with E-state index in [-0.39, 0.29) is 5.54 Å². The highest BCUT2D eigenvalue weighted by atomic mass is 15.1. The molecule has 0 aliphatic rings. The van der Waals surface area contributed by atoms with E-state index in [0.29, 0.717) is 0 Å². The molecule has 1 aromatic rings. The van der Waals surface area contributed by atoms with Gasteiger partial charge in [-0.05, 0) is 59.2 Å². The average Bonchev–Trinajstić information content (AvgIpc) is 2.26. The van der Waals surface area contributed by atoms with Crippen LogP contribution < -0.4 is 5.73 Å². The second-order valence-electron chi connectivity index (χ2n) is 4.94. The van der Waals surface area contributed by atoms with Crippen molar-refractivity contribution < 1.29 is 0 Å². The van der Waals surface area contributed by atoms with Gasteiger partial charge in [0.25, 0.3) is 0 Å². The van der Waals surface area contributed by atoms with E-state index in [2.05, 4.69) is 45.3 Å². The Labute approximate surface area is 87.1 Å². The van der Waals surface area contributed by atoms with Gasteiger partial charge in [-0.2, -0.15) is 0 Å². The van der Waals surface area contributed by atoms with Crippen molar-refractivity contribution in [3.63, 3.8) is 0 Å². The standard InChI is InChI=1S/C12H22N2/c1-9-8-11(6-7-13)10(2)14(9)12(3,4)5/h8H,6-7,13H2,1-5H3. The van der Waals surface area contributed by atoms with Crippen LogP contribution in [0, 0.1) is 13.8 Å². The van der Waals surface area contributed by atoms with Crippen molar-refractivity contribution >= 4 is 0 Å². The van der Waals surface area contributed by atoms with Gasteiger partial charge >= 0.3 is 0 Å². The summed E-state index contributed by atoms with van der Waals surface area (Å²) in [7, 11) is 0. The molecular formula is C12H22N2. The Kier molecular flexibility index (Phi) is 3.05. The van der Waals surface area contributed by atoms with Gasteiger partial charge < -0.3 is 10.3 Å². The van der Waals surface area contributed by atoms with Crippen LogP contribution in [0.2, 0.25) is 0 Å². The summed E-state index contributed by atoms with van der Waals surface area (Å²) in [5.41, 5.74) is 9.84. The van der Waals surface area contributed by atoms with Crippen molar-refractivity contribution in [1.82, 2.24) is 4.57 Å². The molecule has 0 aromatic carbocycles. The fourth-order valence-electron chi connectivity index (χ4n) is 2.27. The molecular weight excluding hydrogens is 172 g/mol. The van der Waals surface area contributed by atoms with Crippen molar-refractivity contribution in [3.05, 3.63) is 23.0 Å². The minimum absolute atomic E-state index is 0.168. The average molecular weight is 194 g/mol. The van der Waals surface area contributed by atoms with Crippen molar-refractivity contribution in [2.75, 3.05) is 6.54 Å². The summed E-state index contributed by atoms with van der Waals surface area (Å²) >= 11 is 0. The second-order valence-corrected chi connectivity index (χ2v) is 4.94. The minimum atomic E-state index is 0.168. The lowest BCUT2D eigenvalue weighted by atomic mass is 10.1. The predicted molar refractivity (Wildman–Crippen MR) is 61.7 cm³/mol. The third-order valence-electron chi connectivity index (χ3n) is 2.62. The highest BCUT2D eigenvalue weighted by molar-refractivity contribution is 5.28. The molecule has 1 aromatic heterocycles. The summed E-state index contributed by atoms with van der Waals surface area (Å²) in [6.45, 7) is 11.8. The number of aromatic nitrogens is 1. The van der Waals surface area contributed by atoms with Gasteiger partial charge in [0.05, 0.1) is 0 Å². The van der Waals surface area contributed by atoms with Crippen molar-refractivity contribution in [3.8, 4) is 0 Å². The maximum Gasteiger partial charge on any atom is 0.0360 e. The Bertz CT molecular complexity index is 316. The first-order valence-corrected chi connectivity index (χ1v) is 5.26. The van der Waals surface area contributed by atoms with Gasteiger partial charge in [0.1, 0.15) is 0 Å². The Hall–Kier alpha value is -0.760. The summed E-state index contributed by atoms with van der Waals surface area (Å²) < 4.78 is 2.39. The zero-order valence-corrected chi connectivity index (χ0v) is 10.0. The van der Waals surface area contributed by atoms with Gasteiger partial charge in [-0.1, -0.05) is 0 Å². The van der Waals surface area contributed by atoms with Crippen LogP contribution in [0.1, 0.15) is 37.7 Å². The molecule has 1 rings (SSSR count). The molecule has 0 bridgehead atoms. The van der Waals surface area contributed by atoms with Crippen LogP contribution >= 0.6 is 0 Å². The molecule has 2 heteroatoms. The first-order chi connectivity index (χ1) is 6.38. The molecule has 0 saturated carbocycles. The van der Waals surface area contributed by atoms with Crippen molar-refractivity contribution in [2.24, 2.45) is 5.73 Å². The quantitative estimate of drug-likeness (QED) is 0.770. The molecule has 1 heterocycles. The van der Waals surface area contributed by atoms with Gasteiger partial charge in [-0.3, -0.25) is 0 Å². The van der Waals surface area contributed by atoms with Crippen LogP contribution in [0.25, 0.3) is 0 Å². The zero-order valence-electron chi connectivity index (χ0n) is 10.0. The molecule has 0 aliphatic heterocycles. The van der Waals surface area contributed by atoms with Crippen LogP contribution in [-0.4, -0.2) is 11.1 Å². The molecule has 0 atom stereocenters. The molecule has 0 fully saturated rings. The largest absolute Gasteiger partial charge is 0.344 e. The first-order valence-electron chi connectivity index (χ1n) is 5.26. The number of nitrogens with zero attached hydrogens (tertiary/aromatic N) is 1. The molecule has 2 nitrogen and oxygen atoms in total. The fraction of sp³-hybridized carbons (Fsp3) is 0.667. The van der Waals surface area contributed by atoms with E-state index in [0.717, 1.165) is 13.0 Å². The summed E-state index contributed by atoms with van der Waals surface area (Å²) in [5, 5.41) is 0. The number of hydrogen-bond acceptors (Lipinski definition) is 1. The molecule has 0 spiro atoms. The Morgan fingerprint density at radius 1 is 1.29 bits per heavy atom. The topological polar surface area (TPSA) is 30.9 Å². The number of hydrogen-bond donors (Lipinski definition) is 1. The van der Waals surface area contributed by atoms with Crippen LogP contribution in [0.5, 0.6) is 0 Å². The molecule has 0 amide bonds. The third kappa shape index (κ3) is 2.01. The van der Waals surface area contributed by atoms with Gasteiger partial charge in [-0.25, -0.2) is 0 Å².